The molecule has 4 atom stereocenters. The van der Waals surface area contributed by atoms with Crippen LogP contribution in [0.3, 0.4) is 0 Å². The lowest BCUT2D eigenvalue weighted by Gasteiger charge is -2.66. The number of fused-ring (bicyclic) bond motifs is 4. The Bertz CT molecular complexity index is 959. The van der Waals surface area contributed by atoms with Crippen LogP contribution in [-0.4, -0.2) is 40.0 Å². The summed E-state index contributed by atoms with van der Waals surface area (Å²) >= 11 is 0. The zero-order valence-electron chi connectivity index (χ0n) is 15.9. The van der Waals surface area contributed by atoms with Crippen molar-refractivity contribution in [3.8, 4) is 0 Å². The number of carbonyl (C=O) groups excluding carboxylic acids is 1. The number of carbonyl (C=O) groups is 1. The van der Waals surface area contributed by atoms with Crippen molar-refractivity contribution < 1.29 is 4.79 Å². The number of piperazine rings is 1. The topological polar surface area (TPSA) is 48.1 Å². The molecule has 136 valence electrons. The van der Waals surface area contributed by atoms with Crippen molar-refractivity contribution in [1.29, 1.82) is 0 Å². The Morgan fingerprint density at radius 1 is 1.23 bits per heavy atom. The Balaban J connectivity index is 1.59. The van der Waals surface area contributed by atoms with E-state index >= 15 is 0 Å². The fourth-order valence-corrected chi connectivity index (χ4v) is 7.12. The number of H-pyrrole nitrogens is 1. The van der Waals surface area contributed by atoms with Crippen LogP contribution >= 0.6 is 0 Å². The van der Waals surface area contributed by atoms with Gasteiger partial charge in [-0.1, -0.05) is 39.0 Å². The number of benzene rings is 1. The van der Waals surface area contributed by atoms with Crippen molar-refractivity contribution in [3.05, 3.63) is 35.5 Å². The molecule has 0 radical (unpaired) electrons. The number of hydrogen-bond donors (Lipinski definition) is 2. The first-order valence-corrected chi connectivity index (χ1v) is 10.1. The van der Waals surface area contributed by atoms with Crippen LogP contribution in [0, 0.1) is 11.8 Å². The Morgan fingerprint density at radius 2 is 2.04 bits per heavy atom. The fourth-order valence-electron chi connectivity index (χ4n) is 7.12. The molecule has 0 saturated carbocycles. The maximum atomic E-state index is 13.3. The molecule has 26 heavy (non-hydrogen) atoms. The minimum Gasteiger partial charge on any atom is -0.358 e. The third-order valence-electron chi connectivity index (χ3n) is 8.44. The maximum absolute atomic E-state index is 13.3. The molecule has 0 unspecified atom stereocenters. The zero-order valence-corrected chi connectivity index (χ0v) is 15.9. The third kappa shape index (κ3) is 1.47. The van der Waals surface area contributed by atoms with E-state index in [-0.39, 0.29) is 16.5 Å². The molecule has 1 aromatic heterocycles. The molecule has 2 aromatic rings. The van der Waals surface area contributed by atoms with Crippen LogP contribution in [0.5, 0.6) is 0 Å². The smallest absolute Gasteiger partial charge is 0.241 e. The van der Waals surface area contributed by atoms with Crippen LogP contribution in [0.2, 0.25) is 0 Å². The number of nitrogens with zero attached hydrogens (tertiary/aromatic N) is 1. The van der Waals surface area contributed by atoms with Gasteiger partial charge in [-0.2, -0.15) is 0 Å². The minimum absolute atomic E-state index is 0.0295. The lowest BCUT2D eigenvalue weighted by Crippen LogP contribution is -2.83. The molecule has 1 aromatic carbocycles. The number of aromatic nitrogens is 1. The number of aromatic amines is 1. The van der Waals surface area contributed by atoms with Gasteiger partial charge in [0.05, 0.1) is 5.54 Å². The Morgan fingerprint density at radius 3 is 2.88 bits per heavy atom. The van der Waals surface area contributed by atoms with E-state index in [1.807, 2.05) is 0 Å². The maximum Gasteiger partial charge on any atom is 0.241 e. The largest absolute Gasteiger partial charge is 0.358 e. The molecule has 4 saturated heterocycles. The van der Waals surface area contributed by atoms with Crippen molar-refractivity contribution in [1.82, 2.24) is 15.2 Å². The van der Waals surface area contributed by atoms with Gasteiger partial charge in [-0.3, -0.25) is 9.69 Å². The molecule has 4 fully saturated rings. The van der Waals surface area contributed by atoms with E-state index in [2.05, 4.69) is 60.2 Å². The summed E-state index contributed by atoms with van der Waals surface area (Å²) in [5.41, 5.74) is 3.68. The number of piperidine rings is 2. The summed E-state index contributed by atoms with van der Waals surface area (Å²) in [6, 6.07) is 8.64. The van der Waals surface area contributed by atoms with Crippen molar-refractivity contribution in [2.45, 2.75) is 56.5 Å². The molecule has 2 bridgehead atoms. The first-order valence-electron chi connectivity index (χ1n) is 10.1. The Kier molecular flexibility index (Phi) is 2.56. The van der Waals surface area contributed by atoms with Gasteiger partial charge in [0.15, 0.2) is 0 Å². The minimum atomic E-state index is -0.271. The van der Waals surface area contributed by atoms with Crippen molar-refractivity contribution >= 4 is 16.8 Å². The summed E-state index contributed by atoms with van der Waals surface area (Å²) in [6.07, 6.45) is 3.10. The highest BCUT2D eigenvalue weighted by atomic mass is 16.2. The molecule has 1 amide bonds. The van der Waals surface area contributed by atoms with E-state index in [0.717, 1.165) is 32.4 Å². The van der Waals surface area contributed by atoms with Crippen LogP contribution in [-0.2, 0) is 16.6 Å². The number of rotatable bonds is 0. The van der Waals surface area contributed by atoms with E-state index in [1.54, 1.807) is 0 Å². The van der Waals surface area contributed by atoms with Crippen LogP contribution in [0.1, 0.15) is 44.9 Å². The number of para-hydroxylation sites is 1. The van der Waals surface area contributed by atoms with E-state index in [4.69, 9.17) is 0 Å². The molecule has 7 rings (SSSR count). The van der Waals surface area contributed by atoms with Crippen molar-refractivity contribution in [2.75, 3.05) is 13.1 Å². The quantitative estimate of drug-likeness (QED) is 0.768. The fraction of sp³-hybridized carbons (Fsp3) is 0.591. The van der Waals surface area contributed by atoms with Crippen LogP contribution in [0.15, 0.2) is 24.3 Å². The monoisotopic (exact) mass is 349 g/mol. The molecule has 2 spiro atoms. The third-order valence-corrected chi connectivity index (χ3v) is 8.44. The number of nitrogens with one attached hydrogen (secondary N) is 2. The van der Waals surface area contributed by atoms with Crippen molar-refractivity contribution in [3.63, 3.8) is 0 Å². The second-order valence-corrected chi connectivity index (χ2v) is 9.83. The van der Waals surface area contributed by atoms with Gasteiger partial charge in [0.25, 0.3) is 0 Å². The molecule has 4 nitrogen and oxygen atoms in total. The molecule has 5 aliphatic rings. The summed E-state index contributed by atoms with van der Waals surface area (Å²) in [4.78, 5) is 19.6. The summed E-state index contributed by atoms with van der Waals surface area (Å²) in [5.74, 6) is 1.22. The molecular weight excluding hydrogens is 322 g/mol. The van der Waals surface area contributed by atoms with E-state index in [1.165, 1.54) is 22.2 Å². The van der Waals surface area contributed by atoms with Gasteiger partial charge < -0.3 is 10.3 Å². The highest BCUT2D eigenvalue weighted by molar-refractivity contribution is 5.91. The van der Waals surface area contributed by atoms with Crippen LogP contribution in [0.4, 0.5) is 0 Å². The first kappa shape index (κ1) is 15.3. The molecule has 5 heterocycles. The van der Waals surface area contributed by atoms with Crippen LogP contribution in [0.25, 0.3) is 10.9 Å². The van der Waals surface area contributed by atoms with E-state index in [0.29, 0.717) is 17.7 Å². The SMILES string of the molecule is C[C@@H]1CCN2C[C@@]34Cc5c([nH]c6ccccc56)C(C)(C)[C@@H]3C[C@@]12C(=O)N4. The van der Waals surface area contributed by atoms with Crippen LogP contribution < -0.4 is 5.32 Å². The molecule has 4 aliphatic heterocycles. The van der Waals surface area contributed by atoms with E-state index in [9.17, 15) is 4.79 Å². The standard InChI is InChI=1S/C22H27N3O/c1-13-8-9-25-12-21-10-15-14-6-4-5-7-16(14)23-18(15)20(2,3)17(21)11-22(13,25)19(26)24-21/h4-7,13,17,23H,8-12H2,1-3H3,(H,24,26)/t13-,17+,21+,22+/m1/s1. The summed E-state index contributed by atoms with van der Waals surface area (Å²) in [6.45, 7) is 9.14. The zero-order chi connectivity index (χ0) is 17.9. The summed E-state index contributed by atoms with van der Waals surface area (Å²) in [7, 11) is 0. The average molecular weight is 349 g/mol. The van der Waals surface area contributed by atoms with Gasteiger partial charge >= 0.3 is 0 Å². The van der Waals surface area contributed by atoms with Gasteiger partial charge in [-0.25, -0.2) is 0 Å². The highest BCUT2D eigenvalue weighted by Crippen LogP contribution is 2.59. The molecular formula is C22H27N3O. The first-order chi connectivity index (χ1) is 12.4. The Hall–Kier alpha value is -1.81. The second kappa shape index (κ2) is 4.36. The lowest BCUT2D eigenvalue weighted by atomic mass is 9.51. The predicted molar refractivity (Wildman–Crippen MR) is 102 cm³/mol. The molecule has 2 N–H and O–H groups in total. The average Bonchev–Trinajstić information content (AvgIpc) is 3.14. The predicted octanol–water partition coefficient (Wildman–Crippen LogP) is 2.97. The Labute approximate surface area is 154 Å². The van der Waals surface area contributed by atoms with Gasteiger partial charge in [0, 0.05) is 28.6 Å². The molecule has 1 aliphatic carbocycles. The molecule has 4 heteroatoms. The van der Waals surface area contributed by atoms with E-state index < -0.39 is 0 Å². The number of amides is 1. The lowest BCUT2D eigenvalue weighted by molar-refractivity contribution is -0.164. The highest BCUT2D eigenvalue weighted by Gasteiger charge is 2.70. The van der Waals surface area contributed by atoms with Crippen molar-refractivity contribution in [2.24, 2.45) is 11.8 Å². The normalized spacial score (nSPS) is 40.2. The summed E-state index contributed by atoms with van der Waals surface area (Å²) in [5, 5.41) is 4.91. The van der Waals surface area contributed by atoms with Gasteiger partial charge in [0.2, 0.25) is 5.91 Å². The number of hydrogen-bond acceptors (Lipinski definition) is 2. The van der Waals surface area contributed by atoms with Gasteiger partial charge in [0.1, 0.15) is 5.54 Å². The van der Waals surface area contributed by atoms with Gasteiger partial charge in [-0.05, 0) is 49.3 Å². The second-order valence-electron chi connectivity index (χ2n) is 9.83. The van der Waals surface area contributed by atoms with Gasteiger partial charge in [-0.15, -0.1) is 0 Å². The summed E-state index contributed by atoms with van der Waals surface area (Å²) < 4.78 is 0.